The Balaban J connectivity index is 1.43. The van der Waals surface area contributed by atoms with Crippen molar-refractivity contribution in [1.29, 1.82) is 0 Å². The molecule has 2 aromatic carbocycles. The van der Waals surface area contributed by atoms with Crippen LogP contribution in [-0.2, 0) is 15.8 Å². The Morgan fingerprint density at radius 1 is 1.03 bits per heavy atom. The Hall–Kier alpha value is -2.23. The number of aliphatic imine (C=N–C) groups is 1. The molecule has 1 amide bonds. The fraction of sp³-hybridized carbons (Fsp3) is 0.364. The van der Waals surface area contributed by atoms with Gasteiger partial charge < -0.3 is 0 Å². The average Bonchev–Trinajstić information content (AvgIpc) is 3.26. The van der Waals surface area contributed by atoms with Crippen molar-refractivity contribution in [3.05, 3.63) is 65.5 Å². The predicted molar refractivity (Wildman–Crippen MR) is 120 cm³/mol. The summed E-state index contributed by atoms with van der Waals surface area (Å²) < 4.78 is 40.5. The van der Waals surface area contributed by atoms with E-state index < -0.39 is 10.0 Å². The second-order valence-electron chi connectivity index (χ2n) is 7.53. The summed E-state index contributed by atoms with van der Waals surface area (Å²) in [6.45, 7) is 2.06. The number of amides is 1. The van der Waals surface area contributed by atoms with Gasteiger partial charge in [-0.1, -0.05) is 30.3 Å². The van der Waals surface area contributed by atoms with Gasteiger partial charge in [-0.05, 0) is 54.8 Å². The SMILES string of the molecule is O=C(c1ccc(S(=O)(=O)N2CCCCC2)cc1)N1CCN=C1SCc1cccc(F)c1. The largest absolute Gasteiger partial charge is 0.286 e. The Kier molecular flexibility index (Phi) is 6.74. The van der Waals surface area contributed by atoms with E-state index in [4.69, 9.17) is 0 Å². The highest BCUT2D eigenvalue weighted by atomic mass is 32.2. The molecule has 0 N–H and O–H groups in total. The van der Waals surface area contributed by atoms with Crippen LogP contribution in [0, 0.1) is 5.82 Å². The number of thioether (sulfide) groups is 1. The monoisotopic (exact) mass is 461 g/mol. The Morgan fingerprint density at radius 2 is 1.77 bits per heavy atom. The van der Waals surface area contributed by atoms with E-state index in [1.807, 2.05) is 6.07 Å². The van der Waals surface area contributed by atoms with Gasteiger partial charge in [-0.25, -0.2) is 12.8 Å². The van der Waals surface area contributed by atoms with Crippen molar-refractivity contribution in [2.45, 2.75) is 29.9 Å². The van der Waals surface area contributed by atoms with Crippen LogP contribution in [0.1, 0.15) is 35.2 Å². The molecule has 6 nitrogen and oxygen atoms in total. The van der Waals surface area contributed by atoms with Crippen molar-refractivity contribution >= 4 is 32.9 Å². The lowest BCUT2D eigenvalue weighted by Crippen LogP contribution is -2.35. The number of carbonyl (C=O) groups excluding carboxylic acids is 1. The van der Waals surface area contributed by atoms with E-state index >= 15 is 0 Å². The van der Waals surface area contributed by atoms with Crippen LogP contribution in [0.25, 0.3) is 0 Å². The highest BCUT2D eigenvalue weighted by molar-refractivity contribution is 8.13. The zero-order valence-electron chi connectivity index (χ0n) is 17.0. The summed E-state index contributed by atoms with van der Waals surface area (Å²) in [7, 11) is -3.53. The molecule has 2 heterocycles. The van der Waals surface area contributed by atoms with Gasteiger partial charge in [0.25, 0.3) is 5.91 Å². The number of rotatable bonds is 5. The third-order valence-corrected chi connectivity index (χ3v) is 8.36. The number of nitrogens with zero attached hydrogens (tertiary/aromatic N) is 3. The van der Waals surface area contributed by atoms with Gasteiger partial charge in [-0.2, -0.15) is 4.31 Å². The minimum Gasteiger partial charge on any atom is -0.286 e. The first-order chi connectivity index (χ1) is 14.9. The summed E-state index contributed by atoms with van der Waals surface area (Å²) in [5.41, 5.74) is 1.23. The zero-order chi connectivity index (χ0) is 21.8. The van der Waals surface area contributed by atoms with Crippen molar-refractivity contribution in [3.8, 4) is 0 Å². The van der Waals surface area contributed by atoms with Gasteiger partial charge in [0.2, 0.25) is 10.0 Å². The summed E-state index contributed by atoms with van der Waals surface area (Å²) in [6.07, 6.45) is 2.80. The molecule has 9 heteroatoms. The summed E-state index contributed by atoms with van der Waals surface area (Å²) in [4.78, 5) is 19.2. The van der Waals surface area contributed by atoms with Crippen LogP contribution in [0.4, 0.5) is 4.39 Å². The van der Waals surface area contributed by atoms with Crippen molar-refractivity contribution < 1.29 is 17.6 Å². The van der Waals surface area contributed by atoms with E-state index in [9.17, 15) is 17.6 Å². The molecule has 0 saturated carbocycles. The molecule has 1 fully saturated rings. The summed E-state index contributed by atoms with van der Waals surface area (Å²) in [5, 5.41) is 0.597. The van der Waals surface area contributed by atoms with Crippen LogP contribution in [0.15, 0.2) is 58.4 Å². The number of halogens is 1. The van der Waals surface area contributed by atoms with Crippen molar-refractivity contribution in [2.75, 3.05) is 26.2 Å². The van der Waals surface area contributed by atoms with Gasteiger partial charge in [0.1, 0.15) is 5.82 Å². The van der Waals surface area contributed by atoms with Crippen molar-refractivity contribution in [1.82, 2.24) is 9.21 Å². The maximum atomic E-state index is 13.4. The molecular formula is C22H24FN3O3S2. The first kappa shape index (κ1) is 22.0. The minimum absolute atomic E-state index is 0.210. The Morgan fingerprint density at radius 3 is 2.48 bits per heavy atom. The fourth-order valence-corrected chi connectivity index (χ4v) is 6.20. The molecule has 0 radical (unpaired) electrons. The van der Waals surface area contributed by atoms with Crippen LogP contribution >= 0.6 is 11.8 Å². The number of benzene rings is 2. The molecule has 2 aromatic rings. The smallest absolute Gasteiger partial charge is 0.259 e. The molecule has 0 atom stereocenters. The molecule has 2 aliphatic rings. The summed E-state index contributed by atoms with van der Waals surface area (Å²) in [5.74, 6) is -0.00295. The topological polar surface area (TPSA) is 70.1 Å². The minimum atomic E-state index is -3.53. The van der Waals surface area contributed by atoms with E-state index in [-0.39, 0.29) is 16.6 Å². The number of hydrogen-bond donors (Lipinski definition) is 0. The van der Waals surface area contributed by atoms with E-state index in [0.717, 1.165) is 24.8 Å². The molecule has 2 aliphatic heterocycles. The third-order valence-electron chi connectivity index (χ3n) is 5.36. The molecule has 164 valence electrons. The average molecular weight is 462 g/mol. The molecule has 0 bridgehead atoms. The Bertz CT molecular complexity index is 1080. The summed E-state index contributed by atoms with van der Waals surface area (Å²) in [6, 6.07) is 12.5. The predicted octanol–water partition coefficient (Wildman–Crippen LogP) is 3.75. The van der Waals surface area contributed by atoms with Gasteiger partial charge in [0, 0.05) is 31.0 Å². The Labute approximate surface area is 186 Å². The number of amidine groups is 1. The molecule has 0 spiro atoms. The lowest BCUT2D eigenvalue weighted by Gasteiger charge is -2.26. The van der Waals surface area contributed by atoms with Crippen LogP contribution < -0.4 is 0 Å². The second-order valence-corrected chi connectivity index (χ2v) is 10.4. The first-order valence-electron chi connectivity index (χ1n) is 10.3. The molecule has 1 saturated heterocycles. The number of hydrogen-bond acceptors (Lipinski definition) is 5. The van der Waals surface area contributed by atoms with Gasteiger partial charge in [-0.15, -0.1) is 0 Å². The second kappa shape index (κ2) is 9.50. The lowest BCUT2D eigenvalue weighted by molar-refractivity contribution is 0.0860. The van der Waals surface area contributed by atoms with Gasteiger partial charge in [-0.3, -0.25) is 14.7 Å². The van der Waals surface area contributed by atoms with Gasteiger partial charge in [0.15, 0.2) is 5.17 Å². The normalized spacial score (nSPS) is 17.6. The first-order valence-corrected chi connectivity index (χ1v) is 12.7. The molecule has 0 aliphatic carbocycles. The number of piperidine rings is 1. The summed E-state index contributed by atoms with van der Waals surface area (Å²) >= 11 is 1.39. The standard InChI is InChI=1S/C22H24FN3O3S2/c23-19-6-4-5-17(15-19)16-30-22-24-11-14-26(22)21(27)18-7-9-20(10-8-18)31(28,29)25-12-2-1-3-13-25/h4-10,15H,1-3,11-14,16H2. The van der Waals surface area contributed by atoms with E-state index in [0.29, 0.717) is 42.7 Å². The molecule has 31 heavy (non-hydrogen) atoms. The number of sulfonamides is 1. The van der Waals surface area contributed by atoms with Crippen molar-refractivity contribution in [2.24, 2.45) is 4.99 Å². The quantitative estimate of drug-likeness (QED) is 0.680. The molecule has 0 aromatic heterocycles. The van der Waals surface area contributed by atoms with Gasteiger partial charge in [0.05, 0.1) is 11.4 Å². The van der Waals surface area contributed by atoms with Crippen LogP contribution in [0.2, 0.25) is 0 Å². The maximum absolute atomic E-state index is 13.4. The van der Waals surface area contributed by atoms with Crippen LogP contribution in [-0.4, -0.2) is 54.9 Å². The van der Waals surface area contributed by atoms with E-state index in [1.54, 1.807) is 23.1 Å². The van der Waals surface area contributed by atoms with Gasteiger partial charge >= 0.3 is 0 Å². The van der Waals surface area contributed by atoms with E-state index in [1.165, 1.54) is 40.3 Å². The molecular weight excluding hydrogens is 437 g/mol. The van der Waals surface area contributed by atoms with Crippen LogP contribution in [0.5, 0.6) is 0 Å². The fourth-order valence-electron chi connectivity index (χ4n) is 3.69. The molecule has 4 rings (SSSR count). The zero-order valence-corrected chi connectivity index (χ0v) is 18.7. The highest BCUT2D eigenvalue weighted by Crippen LogP contribution is 2.24. The third kappa shape index (κ3) is 4.99. The molecule has 0 unspecified atom stereocenters. The van der Waals surface area contributed by atoms with Crippen molar-refractivity contribution in [3.63, 3.8) is 0 Å². The van der Waals surface area contributed by atoms with Crippen LogP contribution in [0.3, 0.4) is 0 Å². The van der Waals surface area contributed by atoms with E-state index in [2.05, 4.69) is 4.99 Å². The lowest BCUT2D eigenvalue weighted by atomic mass is 10.2. The highest BCUT2D eigenvalue weighted by Gasteiger charge is 2.28. The number of carbonyl (C=O) groups is 1. The maximum Gasteiger partial charge on any atom is 0.259 e.